The summed E-state index contributed by atoms with van der Waals surface area (Å²) in [5, 5.41) is 0. The third-order valence-electron chi connectivity index (χ3n) is 4.47. The summed E-state index contributed by atoms with van der Waals surface area (Å²) in [5.41, 5.74) is 3.44. The Morgan fingerprint density at radius 2 is 1.92 bits per heavy atom. The molecule has 2 aromatic rings. The van der Waals surface area contributed by atoms with Crippen LogP contribution in [0, 0.1) is 6.92 Å². The van der Waals surface area contributed by atoms with Crippen LogP contribution in [-0.2, 0) is 13.1 Å². The van der Waals surface area contributed by atoms with Crippen LogP contribution in [0.15, 0.2) is 36.4 Å². The van der Waals surface area contributed by atoms with Gasteiger partial charge in [0.15, 0.2) is 0 Å². The van der Waals surface area contributed by atoms with Crippen LogP contribution >= 0.6 is 0 Å². The highest BCUT2D eigenvalue weighted by atomic mass is 16.5. The summed E-state index contributed by atoms with van der Waals surface area (Å²) in [6.07, 6.45) is 0.152. The molecule has 0 radical (unpaired) electrons. The van der Waals surface area contributed by atoms with Crippen LogP contribution in [0.1, 0.15) is 23.6 Å². The van der Waals surface area contributed by atoms with Crippen molar-refractivity contribution < 1.29 is 14.2 Å². The molecule has 1 heterocycles. The number of fused-ring (bicyclic) bond motifs is 1. The maximum absolute atomic E-state index is 6.05. The molecule has 0 aliphatic carbocycles. The number of para-hydroxylation sites is 1. The molecule has 0 saturated carbocycles. The van der Waals surface area contributed by atoms with Gasteiger partial charge in [0, 0.05) is 36.3 Å². The number of hydrogen-bond donors (Lipinski definition) is 0. The molecule has 1 atom stereocenters. The van der Waals surface area contributed by atoms with Gasteiger partial charge in [0.05, 0.1) is 14.2 Å². The normalized spacial score (nSPS) is 17.6. The fourth-order valence-corrected chi connectivity index (χ4v) is 3.39. The lowest BCUT2D eigenvalue weighted by Gasteiger charge is -2.24. The smallest absolute Gasteiger partial charge is 0.129 e. The molecular weight excluding hydrogens is 302 g/mol. The van der Waals surface area contributed by atoms with Crippen molar-refractivity contribution in [2.45, 2.75) is 33.0 Å². The summed E-state index contributed by atoms with van der Waals surface area (Å²) >= 11 is 0. The van der Waals surface area contributed by atoms with Crippen molar-refractivity contribution in [2.24, 2.45) is 0 Å². The van der Waals surface area contributed by atoms with E-state index in [1.165, 1.54) is 11.1 Å². The van der Waals surface area contributed by atoms with Gasteiger partial charge in [0.2, 0.25) is 0 Å². The zero-order chi connectivity index (χ0) is 17.1. The molecule has 4 nitrogen and oxygen atoms in total. The predicted molar refractivity (Wildman–Crippen MR) is 94.9 cm³/mol. The number of nitrogens with zero attached hydrogens (tertiary/aromatic N) is 1. The lowest BCUT2D eigenvalue weighted by Crippen LogP contribution is -2.30. The first-order chi connectivity index (χ1) is 11.6. The molecule has 24 heavy (non-hydrogen) atoms. The van der Waals surface area contributed by atoms with E-state index in [4.69, 9.17) is 14.2 Å². The highest BCUT2D eigenvalue weighted by Crippen LogP contribution is 2.33. The van der Waals surface area contributed by atoms with E-state index < -0.39 is 0 Å². The van der Waals surface area contributed by atoms with Crippen LogP contribution in [0.25, 0.3) is 0 Å². The summed E-state index contributed by atoms with van der Waals surface area (Å²) < 4.78 is 17.1. The Kier molecular flexibility index (Phi) is 4.95. The molecule has 4 heteroatoms. The summed E-state index contributed by atoms with van der Waals surface area (Å²) in [6, 6.07) is 12.4. The lowest BCUT2D eigenvalue weighted by molar-refractivity contribution is 0.155. The maximum Gasteiger partial charge on any atom is 0.129 e. The first-order valence-corrected chi connectivity index (χ1v) is 8.29. The number of ether oxygens (including phenoxy) is 3. The second-order valence-corrected chi connectivity index (χ2v) is 6.29. The molecule has 128 valence electrons. The number of benzene rings is 2. The molecule has 0 fully saturated rings. The number of methoxy groups -OCH3 is 2. The van der Waals surface area contributed by atoms with Crippen LogP contribution in [0.5, 0.6) is 17.2 Å². The number of hydrogen-bond acceptors (Lipinski definition) is 4. The van der Waals surface area contributed by atoms with E-state index >= 15 is 0 Å². The van der Waals surface area contributed by atoms with Gasteiger partial charge in [-0.15, -0.1) is 0 Å². The Balaban J connectivity index is 1.87. The molecule has 0 saturated heterocycles. The van der Waals surface area contributed by atoms with E-state index in [0.29, 0.717) is 0 Å². The van der Waals surface area contributed by atoms with Crippen molar-refractivity contribution in [3.8, 4) is 17.2 Å². The average Bonchev–Trinajstić information content (AvgIpc) is 2.72. The minimum atomic E-state index is 0.152. The zero-order valence-corrected chi connectivity index (χ0v) is 14.8. The Bertz CT molecular complexity index is 714. The Morgan fingerprint density at radius 1 is 1.12 bits per heavy atom. The average molecular weight is 327 g/mol. The van der Waals surface area contributed by atoms with Crippen molar-refractivity contribution in [1.82, 2.24) is 4.90 Å². The predicted octanol–water partition coefficient (Wildman–Crippen LogP) is 3.80. The zero-order valence-electron chi connectivity index (χ0n) is 14.8. The fourth-order valence-electron chi connectivity index (χ4n) is 3.39. The van der Waals surface area contributed by atoms with Crippen LogP contribution in [0.2, 0.25) is 0 Å². The van der Waals surface area contributed by atoms with Crippen molar-refractivity contribution in [3.05, 3.63) is 53.1 Å². The van der Waals surface area contributed by atoms with Gasteiger partial charge in [0.1, 0.15) is 23.4 Å². The molecule has 0 spiro atoms. The van der Waals surface area contributed by atoms with Gasteiger partial charge < -0.3 is 14.2 Å². The third kappa shape index (κ3) is 3.34. The minimum absolute atomic E-state index is 0.152. The topological polar surface area (TPSA) is 30.9 Å². The van der Waals surface area contributed by atoms with Gasteiger partial charge in [-0.1, -0.05) is 24.3 Å². The van der Waals surface area contributed by atoms with Crippen LogP contribution in [0.3, 0.4) is 0 Å². The molecule has 3 rings (SSSR count). The van der Waals surface area contributed by atoms with E-state index in [1.54, 1.807) is 14.2 Å². The van der Waals surface area contributed by atoms with Gasteiger partial charge in [-0.3, -0.25) is 4.90 Å². The SMILES string of the molecule is COc1ccc(CN2Cc3ccccc3O[C@@H](C)C2)c(OC)c1C. The quantitative estimate of drug-likeness (QED) is 0.855. The van der Waals surface area contributed by atoms with Crippen LogP contribution < -0.4 is 14.2 Å². The number of rotatable bonds is 4. The van der Waals surface area contributed by atoms with Crippen molar-refractivity contribution in [3.63, 3.8) is 0 Å². The Morgan fingerprint density at radius 3 is 2.67 bits per heavy atom. The Hall–Kier alpha value is -2.20. The maximum atomic E-state index is 6.05. The van der Waals surface area contributed by atoms with E-state index in [9.17, 15) is 0 Å². The molecule has 1 aliphatic heterocycles. The first-order valence-electron chi connectivity index (χ1n) is 8.29. The highest BCUT2D eigenvalue weighted by Gasteiger charge is 2.21. The molecule has 0 N–H and O–H groups in total. The van der Waals surface area contributed by atoms with E-state index in [1.807, 2.05) is 25.1 Å². The third-order valence-corrected chi connectivity index (χ3v) is 4.47. The lowest BCUT2D eigenvalue weighted by atomic mass is 10.1. The summed E-state index contributed by atoms with van der Waals surface area (Å²) in [4.78, 5) is 2.40. The van der Waals surface area contributed by atoms with E-state index in [2.05, 4.69) is 30.0 Å². The molecule has 0 bridgehead atoms. The molecule has 0 unspecified atom stereocenters. The van der Waals surface area contributed by atoms with Crippen molar-refractivity contribution in [2.75, 3.05) is 20.8 Å². The fraction of sp³-hybridized carbons (Fsp3) is 0.400. The summed E-state index contributed by atoms with van der Waals surface area (Å²) in [6.45, 7) is 6.71. The standard InChI is InChI=1S/C20H25NO3/c1-14-11-21(12-16-7-5-6-8-19(16)24-14)13-17-9-10-18(22-3)15(2)20(17)23-4/h5-10,14H,11-13H2,1-4H3/t14-/m0/s1. The van der Waals surface area contributed by atoms with Gasteiger partial charge in [-0.2, -0.15) is 0 Å². The summed E-state index contributed by atoms with van der Waals surface area (Å²) in [5.74, 6) is 2.75. The van der Waals surface area contributed by atoms with Gasteiger partial charge >= 0.3 is 0 Å². The Labute approximate surface area is 144 Å². The second-order valence-electron chi connectivity index (χ2n) is 6.29. The molecule has 1 aliphatic rings. The van der Waals surface area contributed by atoms with Crippen molar-refractivity contribution >= 4 is 0 Å². The largest absolute Gasteiger partial charge is 0.496 e. The van der Waals surface area contributed by atoms with Crippen LogP contribution in [0.4, 0.5) is 0 Å². The molecule has 0 aromatic heterocycles. The summed E-state index contributed by atoms with van der Waals surface area (Å²) in [7, 11) is 3.40. The van der Waals surface area contributed by atoms with Gasteiger partial charge in [0.25, 0.3) is 0 Å². The van der Waals surface area contributed by atoms with Crippen LogP contribution in [-0.4, -0.2) is 31.8 Å². The van der Waals surface area contributed by atoms with E-state index in [-0.39, 0.29) is 6.10 Å². The molecule has 2 aromatic carbocycles. The van der Waals surface area contributed by atoms with Gasteiger partial charge in [-0.05, 0) is 26.0 Å². The molecule has 0 amide bonds. The second kappa shape index (κ2) is 7.14. The van der Waals surface area contributed by atoms with E-state index in [0.717, 1.165) is 42.4 Å². The molecular formula is C20H25NO3. The van der Waals surface area contributed by atoms with Gasteiger partial charge in [-0.25, -0.2) is 0 Å². The first kappa shape index (κ1) is 16.7. The minimum Gasteiger partial charge on any atom is -0.496 e. The highest BCUT2D eigenvalue weighted by molar-refractivity contribution is 5.49. The van der Waals surface area contributed by atoms with Crippen molar-refractivity contribution in [1.29, 1.82) is 0 Å². The monoisotopic (exact) mass is 327 g/mol.